The van der Waals surface area contributed by atoms with Gasteiger partial charge >= 0.3 is 0 Å². The van der Waals surface area contributed by atoms with Crippen molar-refractivity contribution in [3.63, 3.8) is 0 Å². The van der Waals surface area contributed by atoms with Gasteiger partial charge in [0.25, 0.3) is 0 Å². The van der Waals surface area contributed by atoms with Crippen LogP contribution in [0.5, 0.6) is 0 Å². The Bertz CT molecular complexity index is 242. The molecule has 0 radical (unpaired) electrons. The van der Waals surface area contributed by atoms with E-state index in [0.717, 1.165) is 17.3 Å². The van der Waals surface area contributed by atoms with Gasteiger partial charge in [0.1, 0.15) is 0 Å². The molecule has 1 N–H and O–H groups in total. The van der Waals surface area contributed by atoms with Gasteiger partial charge in [-0.25, -0.2) is 0 Å². The lowest BCUT2D eigenvalue weighted by Gasteiger charge is -2.55. The maximum Gasteiger partial charge on any atom is 0.00274 e. The van der Waals surface area contributed by atoms with Crippen LogP contribution in [0.3, 0.4) is 0 Å². The highest BCUT2D eigenvalue weighted by Crippen LogP contribution is 2.53. The summed E-state index contributed by atoms with van der Waals surface area (Å²) in [6, 6.07) is 0. The minimum Gasteiger partial charge on any atom is -0.316 e. The normalized spacial score (nSPS) is 36.5. The smallest absolute Gasteiger partial charge is 0.00274 e. The average molecular weight is 236 g/mol. The lowest BCUT2D eigenvalue weighted by atomic mass is 9.60. The van der Waals surface area contributed by atoms with Crippen LogP contribution >= 0.6 is 0 Å². The number of piperidine rings is 2. The van der Waals surface area contributed by atoms with E-state index >= 15 is 0 Å². The standard InChI is InChI=1S/C15H28N2/c1-2-3-8-17-11-13-9-16-10-14(12-17)15(13)6-4-5-7-15/h13-14,16H,2-12H2,1H3. The third kappa shape index (κ3) is 2.04. The fourth-order valence-electron chi connectivity index (χ4n) is 4.78. The maximum atomic E-state index is 3.69. The molecule has 1 aliphatic carbocycles. The van der Waals surface area contributed by atoms with Gasteiger partial charge in [0.05, 0.1) is 0 Å². The van der Waals surface area contributed by atoms with Crippen LogP contribution in [0.25, 0.3) is 0 Å². The monoisotopic (exact) mass is 236 g/mol. The second-order valence-electron chi connectivity index (χ2n) is 6.61. The van der Waals surface area contributed by atoms with Crippen LogP contribution in [0, 0.1) is 17.3 Å². The molecular formula is C15H28N2. The summed E-state index contributed by atoms with van der Waals surface area (Å²) in [6.07, 6.45) is 8.80. The first kappa shape index (κ1) is 12.0. The summed E-state index contributed by atoms with van der Waals surface area (Å²) in [5.74, 6) is 1.91. The second-order valence-corrected chi connectivity index (χ2v) is 6.61. The Morgan fingerprint density at radius 3 is 2.35 bits per heavy atom. The molecule has 0 aromatic rings. The zero-order valence-electron chi connectivity index (χ0n) is 11.4. The van der Waals surface area contributed by atoms with Crippen molar-refractivity contribution in [3.05, 3.63) is 0 Å². The van der Waals surface area contributed by atoms with E-state index in [9.17, 15) is 0 Å². The number of hydrogen-bond acceptors (Lipinski definition) is 2. The van der Waals surface area contributed by atoms with Crippen molar-refractivity contribution in [2.75, 3.05) is 32.7 Å². The lowest BCUT2D eigenvalue weighted by molar-refractivity contribution is -0.0453. The Morgan fingerprint density at radius 2 is 1.76 bits per heavy atom. The second kappa shape index (κ2) is 4.89. The molecule has 2 nitrogen and oxygen atoms in total. The van der Waals surface area contributed by atoms with E-state index < -0.39 is 0 Å². The average Bonchev–Trinajstić information content (AvgIpc) is 2.77. The van der Waals surface area contributed by atoms with Gasteiger partial charge < -0.3 is 10.2 Å². The molecule has 2 unspecified atom stereocenters. The lowest BCUT2D eigenvalue weighted by Crippen LogP contribution is -2.61. The molecule has 3 rings (SSSR count). The predicted molar refractivity (Wildman–Crippen MR) is 72.1 cm³/mol. The van der Waals surface area contributed by atoms with Gasteiger partial charge in [-0.2, -0.15) is 0 Å². The Hall–Kier alpha value is -0.0800. The molecule has 2 aliphatic heterocycles. The molecule has 17 heavy (non-hydrogen) atoms. The summed E-state index contributed by atoms with van der Waals surface area (Å²) in [5.41, 5.74) is 0.758. The summed E-state index contributed by atoms with van der Waals surface area (Å²) in [4.78, 5) is 2.77. The largest absolute Gasteiger partial charge is 0.316 e. The Morgan fingerprint density at radius 1 is 1.12 bits per heavy atom. The van der Waals surface area contributed by atoms with Crippen molar-refractivity contribution in [1.29, 1.82) is 0 Å². The van der Waals surface area contributed by atoms with E-state index in [1.54, 1.807) is 0 Å². The van der Waals surface area contributed by atoms with Crippen molar-refractivity contribution in [2.45, 2.75) is 45.4 Å². The molecule has 2 heteroatoms. The number of nitrogens with zero attached hydrogens (tertiary/aromatic N) is 1. The van der Waals surface area contributed by atoms with E-state index in [0.29, 0.717) is 0 Å². The molecule has 3 aliphatic rings. The highest BCUT2D eigenvalue weighted by Gasteiger charge is 2.52. The fourth-order valence-corrected chi connectivity index (χ4v) is 4.78. The van der Waals surface area contributed by atoms with Crippen molar-refractivity contribution in [1.82, 2.24) is 10.2 Å². The van der Waals surface area contributed by atoms with E-state index in [1.165, 1.54) is 71.2 Å². The van der Waals surface area contributed by atoms with Crippen molar-refractivity contribution in [3.8, 4) is 0 Å². The molecular weight excluding hydrogens is 208 g/mol. The molecule has 2 bridgehead atoms. The Balaban J connectivity index is 1.70. The van der Waals surface area contributed by atoms with Crippen molar-refractivity contribution >= 4 is 0 Å². The van der Waals surface area contributed by atoms with Gasteiger partial charge in [0, 0.05) is 13.1 Å². The van der Waals surface area contributed by atoms with E-state index in [-0.39, 0.29) is 0 Å². The summed E-state index contributed by atoms with van der Waals surface area (Å²) < 4.78 is 0. The summed E-state index contributed by atoms with van der Waals surface area (Å²) in [6.45, 7) is 9.00. The van der Waals surface area contributed by atoms with Gasteiger partial charge in [-0.05, 0) is 56.1 Å². The van der Waals surface area contributed by atoms with Crippen LogP contribution in [0.15, 0.2) is 0 Å². The topological polar surface area (TPSA) is 15.3 Å². The van der Waals surface area contributed by atoms with Gasteiger partial charge in [-0.3, -0.25) is 0 Å². The Kier molecular flexibility index (Phi) is 3.45. The molecule has 3 fully saturated rings. The van der Waals surface area contributed by atoms with Crippen LogP contribution in [-0.4, -0.2) is 37.6 Å². The van der Waals surface area contributed by atoms with Crippen molar-refractivity contribution in [2.24, 2.45) is 17.3 Å². The van der Waals surface area contributed by atoms with E-state index in [4.69, 9.17) is 0 Å². The number of nitrogens with one attached hydrogen (secondary N) is 1. The first-order valence-corrected chi connectivity index (χ1v) is 7.78. The third-order valence-corrected chi connectivity index (χ3v) is 5.73. The first-order valence-electron chi connectivity index (χ1n) is 7.78. The van der Waals surface area contributed by atoms with E-state index in [1.807, 2.05) is 0 Å². The molecule has 98 valence electrons. The first-order chi connectivity index (χ1) is 8.35. The summed E-state index contributed by atoms with van der Waals surface area (Å²) in [7, 11) is 0. The molecule has 2 saturated heterocycles. The van der Waals surface area contributed by atoms with Crippen LogP contribution in [-0.2, 0) is 0 Å². The zero-order valence-corrected chi connectivity index (χ0v) is 11.4. The molecule has 0 amide bonds. The predicted octanol–water partition coefficient (Wildman–Crippen LogP) is 2.50. The summed E-state index contributed by atoms with van der Waals surface area (Å²) >= 11 is 0. The number of likely N-dealkylation sites (tertiary alicyclic amines) is 1. The molecule has 2 atom stereocenters. The van der Waals surface area contributed by atoms with Gasteiger partial charge in [0.2, 0.25) is 0 Å². The minimum atomic E-state index is 0.758. The van der Waals surface area contributed by atoms with Crippen LogP contribution in [0.2, 0.25) is 0 Å². The minimum absolute atomic E-state index is 0.758. The number of unbranched alkanes of at least 4 members (excludes halogenated alkanes) is 1. The molecule has 0 aromatic heterocycles. The van der Waals surface area contributed by atoms with Gasteiger partial charge in [0.15, 0.2) is 0 Å². The summed E-state index contributed by atoms with van der Waals surface area (Å²) in [5, 5.41) is 3.69. The zero-order chi connectivity index (χ0) is 11.7. The molecule has 1 saturated carbocycles. The fraction of sp³-hybridized carbons (Fsp3) is 1.00. The maximum absolute atomic E-state index is 3.69. The number of hydrogen-bond donors (Lipinski definition) is 1. The molecule has 2 heterocycles. The van der Waals surface area contributed by atoms with Crippen molar-refractivity contribution < 1.29 is 0 Å². The third-order valence-electron chi connectivity index (χ3n) is 5.73. The Labute approximate surface area is 106 Å². The molecule has 1 spiro atoms. The number of rotatable bonds is 3. The highest BCUT2D eigenvalue weighted by atomic mass is 15.2. The highest BCUT2D eigenvalue weighted by molar-refractivity contribution is 5.04. The van der Waals surface area contributed by atoms with E-state index in [2.05, 4.69) is 17.1 Å². The van der Waals surface area contributed by atoms with Crippen LogP contribution in [0.4, 0.5) is 0 Å². The molecule has 0 aromatic carbocycles. The van der Waals surface area contributed by atoms with Crippen LogP contribution in [0.1, 0.15) is 45.4 Å². The van der Waals surface area contributed by atoms with Gasteiger partial charge in [-0.1, -0.05) is 26.2 Å². The van der Waals surface area contributed by atoms with Crippen LogP contribution < -0.4 is 5.32 Å². The SMILES string of the molecule is CCCCN1CC2CNCC(C1)C21CCCC1. The quantitative estimate of drug-likeness (QED) is 0.810. The van der Waals surface area contributed by atoms with Gasteiger partial charge in [-0.15, -0.1) is 0 Å².